The first kappa shape index (κ1) is 104. The Labute approximate surface area is 712 Å². The molecule has 0 bridgehead atoms. The van der Waals surface area contributed by atoms with E-state index >= 15 is 0 Å². The van der Waals surface area contributed by atoms with Crippen LogP contribution in [0, 0.1) is 106 Å². The number of nitrogens with zero attached hydrogens (tertiary/aromatic N) is 6. The first-order valence-corrected chi connectivity index (χ1v) is 39.7. The van der Waals surface area contributed by atoms with E-state index in [2.05, 4.69) is 68.7 Å². The minimum Gasteiger partial charge on any atom is -0.494 e. The highest BCUT2D eigenvalue weighted by Crippen LogP contribution is 2.29. The Bertz CT molecular complexity index is 4110. The van der Waals surface area contributed by atoms with Gasteiger partial charge in [-0.05, 0) is 270 Å². The molecule has 6 heterocycles. The van der Waals surface area contributed by atoms with Gasteiger partial charge in [-0.2, -0.15) is 4.98 Å². The molecule has 630 valence electrons. The number of hydrogen-bond donors (Lipinski definition) is 0. The van der Waals surface area contributed by atoms with Crippen LogP contribution in [-0.4, -0.2) is 104 Å². The zero-order valence-electron chi connectivity index (χ0n) is 71.1. The lowest BCUT2D eigenvalue weighted by molar-refractivity contribution is 0.320. The predicted octanol–water partition coefficient (Wildman–Crippen LogP) is 25.2. The molecule has 0 unspecified atom stereocenters. The fourth-order valence-electron chi connectivity index (χ4n) is 8.88. The summed E-state index contributed by atoms with van der Waals surface area (Å²) < 4.78 is 109. The van der Waals surface area contributed by atoms with Gasteiger partial charge in [0.1, 0.15) is 39.6 Å². The summed E-state index contributed by atoms with van der Waals surface area (Å²) in [7, 11) is 4.63. The van der Waals surface area contributed by atoms with E-state index in [-0.39, 0.29) is 23.2 Å². The van der Waals surface area contributed by atoms with Crippen LogP contribution in [0.4, 0.5) is 17.6 Å². The number of ether oxygens (including phenoxy) is 11. The van der Waals surface area contributed by atoms with Crippen molar-refractivity contribution < 1.29 is 69.7 Å². The van der Waals surface area contributed by atoms with Crippen LogP contribution in [0.25, 0.3) is 0 Å². The fraction of sp³-hybridized carbons (Fsp3) is 0.341. The molecule has 0 aliphatic carbocycles. The second-order valence-electron chi connectivity index (χ2n) is 24.4. The number of pyridine rings is 6. The van der Waals surface area contributed by atoms with E-state index in [0.717, 1.165) is 93.8 Å². The van der Waals surface area contributed by atoms with Crippen molar-refractivity contribution in [2.45, 2.75) is 138 Å². The van der Waals surface area contributed by atoms with Crippen molar-refractivity contribution in [3.05, 3.63) is 286 Å². The van der Waals surface area contributed by atoms with E-state index in [4.69, 9.17) is 75.3 Å². The molecule has 0 aliphatic heterocycles. The minimum absolute atomic E-state index is 0.124. The van der Waals surface area contributed by atoms with Gasteiger partial charge in [-0.25, -0.2) is 22.5 Å². The molecule has 11 aromatic rings. The average Bonchev–Trinajstić information content (AvgIpc) is 1.00. The van der Waals surface area contributed by atoms with Gasteiger partial charge < -0.3 is 52.1 Å². The van der Waals surface area contributed by atoms with Crippen LogP contribution in [0.15, 0.2) is 185 Å². The second kappa shape index (κ2) is 60.6. The number of methoxy groups -OCH3 is 3. The third-order valence-corrected chi connectivity index (χ3v) is 16.1. The summed E-state index contributed by atoms with van der Waals surface area (Å²) in [4.78, 5) is 24.1. The lowest BCUT2D eigenvalue weighted by Gasteiger charge is -2.05. The van der Waals surface area contributed by atoms with Crippen molar-refractivity contribution in [3.63, 3.8) is 0 Å². The Hall–Kier alpha value is -9.94. The highest BCUT2D eigenvalue weighted by molar-refractivity contribution is 9.11. The standard InChI is InChI=1S/C9H11BrO.C9H11ClO.C9H11FO.C8H10BrNO.C8H10ClNO.C8H10FNO.C8H9FO.C8H9F.C8H11NO2.2C8H11NO/c3*1-3-11-9-6-7(2)4-5-8(9)10;3*1-3-11-8-4-6(2)10-5-7(8)9;1-6-3-4-7(9)8(5-6)10-2;1-6-3-4-8(9)7(2)5-6;1-6-4-7(10-2)9-8(5-6)11-3;1-3-10-8-4-5-9-7(2)6-8;1-3-10-8-6-4-5-7(2)9-8/h3*4-6H,3H2,1-2H3;3*4-5H,3H2,1-2H3;3-5H,1-2H3;3-5H,1-2H3;4-5H,1-3H3;2*4-6H,3H2,1-2H3. The van der Waals surface area contributed by atoms with Gasteiger partial charge in [0.05, 0.1) is 94.3 Å². The molecule has 0 amide bonds. The average molecular weight is 1770 g/mol. The third-order valence-electron chi connectivity index (χ3n) is 14.2. The van der Waals surface area contributed by atoms with E-state index in [0.29, 0.717) is 97.8 Å². The van der Waals surface area contributed by atoms with E-state index < -0.39 is 5.82 Å². The summed E-state index contributed by atoms with van der Waals surface area (Å²) in [5.74, 6) is 5.83. The Kier molecular flexibility index (Phi) is 54.3. The molecule has 116 heavy (non-hydrogen) atoms. The van der Waals surface area contributed by atoms with Crippen molar-refractivity contribution >= 4 is 55.1 Å². The monoisotopic (exact) mass is 1770 g/mol. The van der Waals surface area contributed by atoms with Crippen molar-refractivity contribution in [2.24, 2.45) is 0 Å². The van der Waals surface area contributed by atoms with E-state index in [1.165, 1.54) is 37.1 Å². The van der Waals surface area contributed by atoms with Gasteiger partial charge in [0, 0.05) is 89.5 Å². The number of benzene rings is 5. The predicted molar refractivity (Wildman–Crippen MR) is 469 cm³/mol. The zero-order chi connectivity index (χ0) is 87.1. The van der Waals surface area contributed by atoms with Gasteiger partial charge in [0.2, 0.25) is 17.6 Å². The molecule has 6 aromatic heterocycles. The first-order valence-electron chi connectivity index (χ1n) is 37.4. The minimum atomic E-state index is -0.405. The van der Waals surface area contributed by atoms with Crippen molar-refractivity contribution in [1.29, 1.82) is 0 Å². The second-order valence-corrected chi connectivity index (χ2v) is 26.9. The van der Waals surface area contributed by atoms with Crippen LogP contribution in [0.2, 0.25) is 10.0 Å². The summed E-state index contributed by atoms with van der Waals surface area (Å²) in [6, 6.07) is 45.0. The third kappa shape index (κ3) is 45.4. The van der Waals surface area contributed by atoms with Gasteiger partial charge in [-0.1, -0.05) is 71.2 Å². The molecule has 0 saturated carbocycles. The summed E-state index contributed by atoms with van der Waals surface area (Å²) in [5, 5.41) is 1.25. The highest BCUT2D eigenvalue weighted by Gasteiger charge is 2.07. The van der Waals surface area contributed by atoms with E-state index in [1.807, 2.05) is 215 Å². The molecule has 0 aliphatic rings. The maximum Gasteiger partial charge on any atom is 0.216 e. The summed E-state index contributed by atoms with van der Waals surface area (Å²) >= 11 is 18.4. The van der Waals surface area contributed by atoms with Gasteiger partial charge in [0.15, 0.2) is 34.7 Å². The molecule has 5 aromatic carbocycles. The zero-order valence-corrected chi connectivity index (χ0v) is 75.8. The molecular weight excluding hydrogens is 1660 g/mol. The molecule has 25 heteroatoms. The molecule has 0 fully saturated rings. The normalized spacial score (nSPS) is 9.61. The van der Waals surface area contributed by atoms with Crippen LogP contribution in [0.1, 0.15) is 123 Å². The van der Waals surface area contributed by atoms with Crippen LogP contribution >= 0.6 is 55.1 Å². The lowest BCUT2D eigenvalue weighted by atomic mass is 10.1. The fourth-order valence-corrected chi connectivity index (χ4v) is 9.90. The van der Waals surface area contributed by atoms with Crippen LogP contribution in [-0.2, 0) is 0 Å². The maximum absolute atomic E-state index is 12.8. The topological polar surface area (TPSA) is 179 Å². The largest absolute Gasteiger partial charge is 0.494 e. The number of rotatable bonds is 19. The Morgan fingerprint density at radius 2 is 0.690 bits per heavy atom. The van der Waals surface area contributed by atoms with Crippen LogP contribution < -0.4 is 52.1 Å². The van der Waals surface area contributed by atoms with Crippen molar-refractivity contribution in [3.8, 4) is 63.6 Å². The van der Waals surface area contributed by atoms with Crippen molar-refractivity contribution in [2.75, 3.05) is 74.2 Å². The molecule has 0 N–H and O–H groups in total. The van der Waals surface area contributed by atoms with Crippen molar-refractivity contribution in [1.82, 2.24) is 29.9 Å². The Balaban J connectivity index is 0.000000638. The van der Waals surface area contributed by atoms with Gasteiger partial charge >= 0.3 is 0 Å². The van der Waals surface area contributed by atoms with E-state index in [9.17, 15) is 17.6 Å². The lowest BCUT2D eigenvalue weighted by Crippen LogP contribution is -1.96. The molecular formula is C91H114Br2Cl2F4N6O11. The smallest absolute Gasteiger partial charge is 0.216 e. The van der Waals surface area contributed by atoms with Gasteiger partial charge in [-0.15, -0.1) is 0 Å². The quantitative estimate of drug-likeness (QED) is 0.0697. The molecule has 11 rings (SSSR count). The first-order chi connectivity index (χ1) is 55.3. The Morgan fingerprint density at radius 3 is 1.17 bits per heavy atom. The van der Waals surface area contributed by atoms with Crippen LogP contribution in [0.5, 0.6) is 63.6 Å². The van der Waals surface area contributed by atoms with Crippen LogP contribution in [0.3, 0.4) is 0 Å². The maximum atomic E-state index is 12.8. The molecule has 0 radical (unpaired) electrons. The summed E-state index contributed by atoms with van der Waals surface area (Å²) in [6.45, 7) is 43.5. The summed E-state index contributed by atoms with van der Waals surface area (Å²) in [5.41, 5.74) is 11.9. The number of aryl methyl sites for hydroxylation is 12. The number of halogens is 8. The molecule has 0 atom stereocenters. The molecule has 0 saturated heterocycles. The van der Waals surface area contributed by atoms with Gasteiger partial charge in [0.25, 0.3) is 0 Å². The van der Waals surface area contributed by atoms with Gasteiger partial charge in [-0.3, -0.25) is 19.9 Å². The number of aromatic nitrogens is 6. The number of hydrogen-bond acceptors (Lipinski definition) is 17. The summed E-state index contributed by atoms with van der Waals surface area (Å²) in [6.07, 6.45) is 6.27. The molecule has 17 nitrogen and oxygen atoms in total. The molecule has 0 spiro atoms. The Morgan fingerprint density at radius 1 is 0.293 bits per heavy atom. The SMILES string of the molecule is CCOc1cc(C)ccc1Br.CCOc1cc(C)ccc1Cl.CCOc1cc(C)ccc1F.CCOc1cc(C)ncc1Br.CCOc1cc(C)ncc1Cl.CCOc1cc(C)ncc1F.CCOc1cccc(C)n1.CCOc1ccnc(C)c1.COc1cc(C)cc(OC)n1.COc1cc(C)ccc1F.Cc1ccc(F)c(C)c1. The van der Waals surface area contributed by atoms with E-state index in [1.54, 1.807) is 83.1 Å². The highest BCUT2D eigenvalue weighted by atomic mass is 79.9.